The zero-order valence-electron chi connectivity index (χ0n) is 17.7. The summed E-state index contributed by atoms with van der Waals surface area (Å²) in [4.78, 5) is 0. The number of rotatable bonds is 10. The molecule has 1 aromatic carbocycles. The lowest BCUT2D eigenvalue weighted by Gasteiger charge is -2.29. The number of fused-ring (bicyclic) bond motifs is 1. The maximum absolute atomic E-state index is 13.2. The number of alkyl halides is 2. The molecule has 0 fully saturated rings. The zero-order valence-corrected chi connectivity index (χ0v) is 17.7. The fraction of sp³-hybridized carbons (Fsp3) is 0.500. The Labute approximate surface area is 170 Å². The SMILES string of the molecule is C=C(CC(C)(F)F)NC1BCc2c(cccc2C(=C)CCCC(=C)C(C)C)C1. The van der Waals surface area contributed by atoms with E-state index in [1.165, 1.54) is 27.8 Å². The first-order valence-corrected chi connectivity index (χ1v) is 10.4. The van der Waals surface area contributed by atoms with Gasteiger partial charge >= 0.3 is 0 Å². The molecule has 1 N–H and O–H groups in total. The van der Waals surface area contributed by atoms with Gasteiger partial charge in [0.25, 0.3) is 5.92 Å². The molecule has 28 heavy (non-hydrogen) atoms. The van der Waals surface area contributed by atoms with Crippen molar-refractivity contribution in [3.05, 3.63) is 65.9 Å². The fourth-order valence-corrected chi connectivity index (χ4v) is 3.93. The summed E-state index contributed by atoms with van der Waals surface area (Å²) in [7, 11) is 0.926. The molecule has 152 valence electrons. The number of hydrogen-bond acceptors (Lipinski definition) is 1. The Morgan fingerprint density at radius 3 is 2.61 bits per heavy atom. The highest BCUT2D eigenvalue weighted by molar-refractivity contribution is 6.38. The monoisotopic (exact) mass is 385 g/mol. The summed E-state index contributed by atoms with van der Waals surface area (Å²) in [6.45, 7) is 17.6. The molecule has 1 aliphatic heterocycles. The maximum atomic E-state index is 13.2. The molecule has 1 atom stereocenters. The van der Waals surface area contributed by atoms with Gasteiger partial charge in [-0.25, -0.2) is 8.78 Å². The number of nitrogens with one attached hydrogen (secondary N) is 1. The van der Waals surface area contributed by atoms with E-state index in [1.807, 2.05) is 0 Å². The van der Waals surface area contributed by atoms with Crippen molar-refractivity contribution in [1.82, 2.24) is 5.32 Å². The van der Waals surface area contributed by atoms with Crippen LogP contribution in [0.1, 0.15) is 63.1 Å². The van der Waals surface area contributed by atoms with Crippen LogP contribution < -0.4 is 5.32 Å². The highest BCUT2D eigenvalue weighted by Gasteiger charge is 2.26. The summed E-state index contributed by atoms with van der Waals surface area (Å²) in [6.07, 6.45) is 4.57. The third-order valence-electron chi connectivity index (χ3n) is 5.59. The lowest BCUT2D eigenvalue weighted by atomic mass is 9.57. The molecule has 0 saturated carbocycles. The largest absolute Gasteiger partial charge is 0.393 e. The molecule has 0 aliphatic carbocycles. The van der Waals surface area contributed by atoms with E-state index >= 15 is 0 Å². The van der Waals surface area contributed by atoms with E-state index < -0.39 is 5.92 Å². The van der Waals surface area contributed by atoms with E-state index in [9.17, 15) is 8.78 Å². The molecule has 0 bridgehead atoms. The van der Waals surface area contributed by atoms with Crippen LogP contribution in [0, 0.1) is 5.92 Å². The average molecular weight is 385 g/mol. The van der Waals surface area contributed by atoms with Gasteiger partial charge in [-0.15, -0.1) is 0 Å². The predicted molar refractivity (Wildman–Crippen MR) is 119 cm³/mol. The van der Waals surface area contributed by atoms with E-state index in [1.54, 1.807) is 0 Å². The Morgan fingerprint density at radius 2 is 1.96 bits per heavy atom. The second-order valence-electron chi connectivity index (χ2n) is 8.65. The highest BCUT2D eigenvalue weighted by atomic mass is 19.3. The third kappa shape index (κ3) is 6.65. The molecule has 2 rings (SSSR count). The minimum Gasteiger partial charge on any atom is -0.393 e. The first-order valence-electron chi connectivity index (χ1n) is 10.4. The number of hydrogen-bond donors (Lipinski definition) is 1. The van der Waals surface area contributed by atoms with Gasteiger partial charge in [0, 0.05) is 11.6 Å². The Balaban J connectivity index is 1.97. The Morgan fingerprint density at radius 1 is 1.25 bits per heavy atom. The summed E-state index contributed by atoms with van der Waals surface area (Å²) in [5, 5.41) is 3.22. The highest BCUT2D eigenvalue weighted by Crippen LogP contribution is 2.30. The smallest absolute Gasteiger partial charge is 0.250 e. The van der Waals surface area contributed by atoms with Crippen molar-refractivity contribution in [2.75, 3.05) is 0 Å². The molecule has 1 nitrogen and oxygen atoms in total. The van der Waals surface area contributed by atoms with Crippen molar-refractivity contribution < 1.29 is 8.78 Å². The van der Waals surface area contributed by atoms with Crippen LogP contribution in [0.4, 0.5) is 8.78 Å². The number of allylic oxidation sites excluding steroid dienone is 3. The van der Waals surface area contributed by atoms with Crippen LogP contribution in [0.5, 0.6) is 0 Å². The Hall–Kier alpha value is -1.84. The second-order valence-corrected chi connectivity index (χ2v) is 8.65. The van der Waals surface area contributed by atoms with Gasteiger partial charge in [0.05, 0.1) is 6.42 Å². The molecule has 0 amide bonds. The molecule has 0 aromatic heterocycles. The molecular weight excluding hydrogens is 351 g/mol. The molecule has 0 spiro atoms. The standard InChI is InChI=1S/C24H34BF2N/c1-16(2)17(3)9-7-10-18(4)21-12-8-11-20-13-23(25-15-22(20)21)28-19(5)14-24(6,26)27/h8,11-12,16,23,25,28H,3-5,7,9-10,13-15H2,1-2,6H3. The summed E-state index contributed by atoms with van der Waals surface area (Å²) >= 11 is 0. The van der Waals surface area contributed by atoms with Gasteiger partial charge in [-0.3, -0.25) is 0 Å². The van der Waals surface area contributed by atoms with Crippen LogP contribution in [-0.4, -0.2) is 19.1 Å². The van der Waals surface area contributed by atoms with E-state index in [2.05, 4.69) is 57.1 Å². The molecule has 1 aliphatic rings. The van der Waals surface area contributed by atoms with Crippen molar-refractivity contribution in [3.63, 3.8) is 0 Å². The van der Waals surface area contributed by atoms with Crippen molar-refractivity contribution in [2.45, 2.75) is 71.1 Å². The molecular formula is C24H34BF2N. The number of benzene rings is 1. The molecule has 0 saturated heterocycles. The predicted octanol–water partition coefficient (Wildman–Crippen LogP) is 6.05. The average Bonchev–Trinajstić information content (AvgIpc) is 2.58. The first kappa shape index (κ1) is 22.5. The van der Waals surface area contributed by atoms with Crippen LogP contribution in [0.2, 0.25) is 0 Å². The van der Waals surface area contributed by atoms with Crippen LogP contribution in [0.25, 0.3) is 5.57 Å². The molecule has 0 radical (unpaired) electrons. The molecule has 1 unspecified atom stereocenters. The molecule has 4 heteroatoms. The van der Waals surface area contributed by atoms with Crippen molar-refractivity contribution >= 4 is 12.9 Å². The topological polar surface area (TPSA) is 12.0 Å². The van der Waals surface area contributed by atoms with E-state index in [-0.39, 0.29) is 12.4 Å². The summed E-state index contributed by atoms with van der Waals surface area (Å²) in [5.41, 5.74) is 6.85. The minimum absolute atomic E-state index is 0.167. The molecule has 1 heterocycles. The first-order chi connectivity index (χ1) is 13.1. The van der Waals surface area contributed by atoms with Crippen LogP contribution >= 0.6 is 0 Å². The van der Waals surface area contributed by atoms with Crippen LogP contribution in [0.15, 0.2) is 49.2 Å². The van der Waals surface area contributed by atoms with Crippen LogP contribution in [0.3, 0.4) is 0 Å². The minimum atomic E-state index is -2.72. The van der Waals surface area contributed by atoms with Gasteiger partial charge < -0.3 is 5.32 Å². The Bertz CT molecular complexity index is 731. The van der Waals surface area contributed by atoms with Crippen molar-refractivity contribution in [3.8, 4) is 0 Å². The zero-order chi connectivity index (χ0) is 20.9. The Kier molecular flexibility index (Phi) is 7.68. The summed E-state index contributed by atoms with van der Waals surface area (Å²) in [5.74, 6) is -2.02. The van der Waals surface area contributed by atoms with Gasteiger partial charge in [-0.1, -0.05) is 57.4 Å². The summed E-state index contributed by atoms with van der Waals surface area (Å²) in [6, 6.07) is 6.41. The van der Waals surface area contributed by atoms with Gasteiger partial charge in [0.2, 0.25) is 0 Å². The van der Waals surface area contributed by atoms with Crippen LogP contribution in [-0.2, 0) is 12.7 Å². The normalized spacial score (nSPS) is 16.3. The van der Waals surface area contributed by atoms with Crippen molar-refractivity contribution in [1.29, 1.82) is 0 Å². The summed E-state index contributed by atoms with van der Waals surface area (Å²) < 4.78 is 26.4. The second kappa shape index (κ2) is 9.58. The number of halogens is 2. The lowest BCUT2D eigenvalue weighted by molar-refractivity contribution is 0.0211. The van der Waals surface area contributed by atoms with Gasteiger partial charge in [0.15, 0.2) is 7.28 Å². The van der Waals surface area contributed by atoms with E-state index in [4.69, 9.17) is 0 Å². The van der Waals surface area contributed by atoms with E-state index in [0.717, 1.165) is 46.2 Å². The molecule has 1 aromatic rings. The lowest BCUT2D eigenvalue weighted by Crippen LogP contribution is -2.41. The van der Waals surface area contributed by atoms with Gasteiger partial charge in [-0.05, 0) is 67.1 Å². The van der Waals surface area contributed by atoms with Gasteiger partial charge in [0.1, 0.15) is 0 Å². The third-order valence-corrected chi connectivity index (χ3v) is 5.59. The van der Waals surface area contributed by atoms with Crippen molar-refractivity contribution in [2.24, 2.45) is 5.92 Å². The fourth-order valence-electron chi connectivity index (χ4n) is 3.93. The van der Waals surface area contributed by atoms with Gasteiger partial charge in [-0.2, -0.15) is 0 Å². The quantitative estimate of drug-likeness (QED) is 0.382. The van der Waals surface area contributed by atoms with E-state index in [0.29, 0.717) is 11.6 Å². The maximum Gasteiger partial charge on any atom is 0.250 e.